The van der Waals surface area contributed by atoms with Crippen LogP contribution in [0.2, 0.25) is 0 Å². The second kappa shape index (κ2) is 4.91. The van der Waals surface area contributed by atoms with Crippen molar-refractivity contribution in [1.29, 1.82) is 0 Å². The minimum Gasteiger partial charge on any atom is -0.385 e. The maximum Gasteiger partial charge on any atom is 0.443 e. The maximum atomic E-state index is 12.3. The van der Waals surface area contributed by atoms with Gasteiger partial charge in [-0.05, 0) is 19.3 Å². The first-order valence-corrected chi connectivity index (χ1v) is 6.13. The van der Waals surface area contributed by atoms with Crippen LogP contribution in [0.15, 0.2) is 6.20 Å². The first kappa shape index (κ1) is 12.8. The largest absolute Gasteiger partial charge is 0.443 e. The summed E-state index contributed by atoms with van der Waals surface area (Å²) in [6.45, 7) is 0.548. The lowest BCUT2D eigenvalue weighted by Crippen LogP contribution is -2.25. The Kier molecular flexibility index (Phi) is 3.70. The number of halogens is 3. The molecular formula is C10H12F3NO2S. The molecule has 0 radical (unpaired) electrons. The lowest BCUT2D eigenvalue weighted by molar-refractivity contribution is -0.137. The van der Waals surface area contributed by atoms with Crippen LogP contribution in [0, 0.1) is 0 Å². The van der Waals surface area contributed by atoms with Crippen molar-refractivity contribution in [1.82, 2.24) is 4.98 Å². The average molecular weight is 267 g/mol. The summed E-state index contributed by atoms with van der Waals surface area (Å²) in [6, 6.07) is 0. The molecule has 1 aliphatic heterocycles. The third-order valence-electron chi connectivity index (χ3n) is 2.62. The highest BCUT2D eigenvalue weighted by Gasteiger charge is 2.36. The zero-order chi connectivity index (χ0) is 12.5. The topological polar surface area (TPSA) is 42.4 Å². The molecule has 1 aromatic rings. The number of aliphatic hydroxyl groups is 1. The zero-order valence-corrected chi connectivity index (χ0v) is 9.72. The molecule has 1 saturated heterocycles. The van der Waals surface area contributed by atoms with Crippen LogP contribution in [0.4, 0.5) is 13.2 Å². The third kappa shape index (κ3) is 2.97. The molecule has 1 N–H and O–H groups in total. The van der Waals surface area contributed by atoms with Gasteiger partial charge in [0.25, 0.3) is 0 Å². The number of rotatable bonds is 2. The summed E-state index contributed by atoms with van der Waals surface area (Å²) in [5.41, 5.74) is 0. The van der Waals surface area contributed by atoms with Crippen molar-refractivity contribution in [2.24, 2.45) is 0 Å². The van der Waals surface area contributed by atoms with Gasteiger partial charge in [-0.2, -0.15) is 13.2 Å². The summed E-state index contributed by atoms with van der Waals surface area (Å²) in [4.78, 5) is 3.49. The SMILES string of the molecule is OC(c1cnc(C(F)(F)F)s1)C1CCCCO1. The van der Waals surface area contributed by atoms with Crippen LogP contribution in [0.1, 0.15) is 35.3 Å². The van der Waals surface area contributed by atoms with Crippen LogP contribution in [-0.2, 0) is 10.9 Å². The molecule has 2 rings (SSSR count). The molecule has 1 aliphatic rings. The quantitative estimate of drug-likeness (QED) is 0.896. The van der Waals surface area contributed by atoms with E-state index < -0.39 is 23.4 Å². The van der Waals surface area contributed by atoms with Gasteiger partial charge in [0.2, 0.25) is 0 Å². The van der Waals surface area contributed by atoms with Crippen molar-refractivity contribution in [2.45, 2.75) is 37.6 Å². The van der Waals surface area contributed by atoms with Crippen molar-refractivity contribution in [3.05, 3.63) is 16.1 Å². The van der Waals surface area contributed by atoms with Crippen molar-refractivity contribution < 1.29 is 23.0 Å². The van der Waals surface area contributed by atoms with E-state index in [1.54, 1.807) is 0 Å². The first-order valence-electron chi connectivity index (χ1n) is 5.31. The Bertz CT molecular complexity index is 374. The number of hydrogen-bond donors (Lipinski definition) is 1. The highest BCUT2D eigenvalue weighted by molar-refractivity contribution is 7.11. The Morgan fingerprint density at radius 3 is 2.76 bits per heavy atom. The normalized spacial score (nSPS) is 23.6. The molecule has 0 spiro atoms. The average Bonchev–Trinajstić information content (AvgIpc) is 2.78. The molecule has 17 heavy (non-hydrogen) atoms. The summed E-state index contributed by atoms with van der Waals surface area (Å²) >= 11 is 0.475. The third-order valence-corrected chi connectivity index (χ3v) is 3.74. The minimum absolute atomic E-state index is 0.212. The van der Waals surface area contributed by atoms with Crippen LogP contribution >= 0.6 is 11.3 Å². The molecule has 1 fully saturated rings. The Hall–Kier alpha value is -0.660. The minimum atomic E-state index is -4.45. The molecule has 7 heteroatoms. The molecule has 0 amide bonds. The molecule has 1 aromatic heterocycles. The number of thiazole rings is 1. The molecule has 0 aliphatic carbocycles. The number of nitrogens with zero attached hydrogens (tertiary/aromatic N) is 1. The highest BCUT2D eigenvalue weighted by Crippen LogP contribution is 2.36. The Labute approximate surface area is 100 Å². The van der Waals surface area contributed by atoms with Gasteiger partial charge in [0, 0.05) is 12.8 Å². The lowest BCUT2D eigenvalue weighted by atomic mass is 10.0. The standard InChI is InChI=1S/C10H12F3NO2S/c11-10(12,13)9-14-5-7(17-9)8(15)6-3-1-2-4-16-6/h5-6,8,15H,1-4H2. The second-order valence-corrected chi connectivity index (χ2v) is 4.98. The van der Waals surface area contributed by atoms with Gasteiger partial charge in [-0.25, -0.2) is 4.98 Å². The Morgan fingerprint density at radius 2 is 2.24 bits per heavy atom. The van der Waals surface area contributed by atoms with Gasteiger partial charge in [0.05, 0.1) is 11.0 Å². The molecule has 2 unspecified atom stereocenters. The molecular weight excluding hydrogens is 255 g/mol. The fourth-order valence-corrected chi connectivity index (χ4v) is 2.57. The van der Waals surface area contributed by atoms with Gasteiger partial charge >= 0.3 is 6.18 Å². The molecule has 96 valence electrons. The fourth-order valence-electron chi connectivity index (χ4n) is 1.75. The number of ether oxygens (including phenoxy) is 1. The molecule has 3 nitrogen and oxygen atoms in total. The van der Waals surface area contributed by atoms with Gasteiger partial charge in [-0.1, -0.05) is 0 Å². The van der Waals surface area contributed by atoms with Gasteiger partial charge in [0.15, 0.2) is 5.01 Å². The first-order chi connectivity index (χ1) is 7.98. The molecule has 0 saturated carbocycles. The number of aliphatic hydroxyl groups excluding tert-OH is 1. The van der Waals surface area contributed by atoms with Crippen LogP contribution in [-0.4, -0.2) is 22.8 Å². The summed E-state index contributed by atoms with van der Waals surface area (Å²) in [5.74, 6) is 0. The van der Waals surface area contributed by atoms with Crippen LogP contribution in [0.5, 0.6) is 0 Å². The zero-order valence-electron chi connectivity index (χ0n) is 8.91. The van der Waals surface area contributed by atoms with Crippen LogP contribution < -0.4 is 0 Å². The molecule has 0 aromatic carbocycles. The predicted molar refractivity (Wildman–Crippen MR) is 55.7 cm³/mol. The van der Waals surface area contributed by atoms with E-state index in [4.69, 9.17) is 4.74 Å². The van der Waals surface area contributed by atoms with E-state index >= 15 is 0 Å². The van der Waals surface area contributed by atoms with E-state index in [0.717, 1.165) is 19.0 Å². The van der Waals surface area contributed by atoms with Gasteiger partial charge in [-0.15, -0.1) is 11.3 Å². The van der Waals surface area contributed by atoms with E-state index in [9.17, 15) is 18.3 Å². The van der Waals surface area contributed by atoms with E-state index in [0.29, 0.717) is 24.4 Å². The predicted octanol–water partition coefficient (Wildman–Crippen LogP) is 2.76. The summed E-state index contributed by atoms with van der Waals surface area (Å²) < 4.78 is 42.4. The van der Waals surface area contributed by atoms with Crippen molar-refractivity contribution in [3.63, 3.8) is 0 Å². The molecule has 0 bridgehead atoms. The fraction of sp³-hybridized carbons (Fsp3) is 0.700. The van der Waals surface area contributed by atoms with Crippen molar-refractivity contribution in [3.8, 4) is 0 Å². The summed E-state index contributed by atoms with van der Waals surface area (Å²) in [5, 5.41) is 8.97. The van der Waals surface area contributed by atoms with Crippen LogP contribution in [0.3, 0.4) is 0 Å². The van der Waals surface area contributed by atoms with E-state index in [-0.39, 0.29) is 4.88 Å². The van der Waals surface area contributed by atoms with E-state index in [1.807, 2.05) is 0 Å². The van der Waals surface area contributed by atoms with E-state index in [1.165, 1.54) is 0 Å². The smallest absolute Gasteiger partial charge is 0.385 e. The van der Waals surface area contributed by atoms with Crippen molar-refractivity contribution in [2.75, 3.05) is 6.61 Å². The van der Waals surface area contributed by atoms with Crippen LogP contribution in [0.25, 0.3) is 0 Å². The molecule has 2 atom stereocenters. The molecule has 2 heterocycles. The summed E-state index contributed by atoms with van der Waals surface area (Å²) in [7, 11) is 0. The van der Waals surface area contributed by atoms with Gasteiger partial charge < -0.3 is 9.84 Å². The van der Waals surface area contributed by atoms with Gasteiger partial charge in [-0.3, -0.25) is 0 Å². The number of aromatic nitrogens is 1. The lowest BCUT2D eigenvalue weighted by Gasteiger charge is -2.26. The second-order valence-electron chi connectivity index (χ2n) is 3.92. The Balaban J connectivity index is 2.08. The maximum absolute atomic E-state index is 12.3. The van der Waals surface area contributed by atoms with Gasteiger partial charge in [0.1, 0.15) is 6.10 Å². The van der Waals surface area contributed by atoms with E-state index in [2.05, 4.69) is 4.98 Å². The summed E-state index contributed by atoms with van der Waals surface area (Å²) in [6.07, 6.45) is -2.27. The Morgan fingerprint density at radius 1 is 1.47 bits per heavy atom. The highest BCUT2D eigenvalue weighted by atomic mass is 32.1. The number of hydrogen-bond acceptors (Lipinski definition) is 4. The monoisotopic (exact) mass is 267 g/mol. The van der Waals surface area contributed by atoms with Crippen molar-refractivity contribution >= 4 is 11.3 Å². The number of alkyl halides is 3.